The molecule has 0 fully saturated rings. The number of ether oxygens (including phenoxy) is 1. The molecule has 0 radical (unpaired) electrons. The van der Waals surface area contributed by atoms with Crippen molar-refractivity contribution in [2.24, 2.45) is 0 Å². The predicted octanol–water partition coefficient (Wildman–Crippen LogP) is 2.22. The molecule has 2 N–H and O–H groups in total. The lowest BCUT2D eigenvalue weighted by molar-refractivity contribution is -0.123. The Kier molecular flexibility index (Phi) is 4.74. The van der Waals surface area contributed by atoms with Gasteiger partial charge in [0, 0.05) is 24.5 Å². The van der Waals surface area contributed by atoms with E-state index in [9.17, 15) is 9.59 Å². The van der Waals surface area contributed by atoms with Crippen LogP contribution in [0.1, 0.15) is 30.5 Å². The molecule has 24 heavy (non-hydrogen) atoms. The zero-order chi connectivity index (χ0) is 16.9. The van der Waals surface area contributed by atoms with Crippen molar-refractivity contribution >= 4 is 17.5 Å². The minimum atomic E-state index is -0.197. The van der Waals surface area contributed by atoms with Crippen LogP contribution in [-0.2, 0) is 16.0 Å². The number of carbonyl (C=O) groups excluding carboxylic acids is 2. The van der Waals surface area contributed by atoms with Gasteiger partial charge in [-0.05, 0) is 48.7 Å². The zero-order valence-electron chi connectivity index (χ0n) is 13.4. The number of hydrogen-bond donors (Lipinski definition) is 2. The number of nitrogens with one attached hydrogen (secondary N) is 2. The smallest absolute Gasteiger partial charge is 0.258 e. The van der Waals surface area contributed by atoms with Gasteiger partial charge in [-0.2, -0.15) is 0 Å². The summed E-state index contributed by atoms with van der Waals surface area (Å²) in [6.07, 6.45) is 4.57. The van der Waals surface area contributed by atoms with Crippen LogP contribution in [0.3, 0.4) is 0 Å². The van der Waals surface area contributed by atoms with Crippen molar-refractivity contribution in [1.29, 1.82) is 0 Å². The van der Waals surface area contributed by atoms with Crippen molar-refractivity contribution < 1.29 is 14.3 Å². The van der Waals surface area contributed by atoms with E-state index in [0.717, 1.165) is 16.8 Å². The highest BCUT2D eigenvalue weighted by atomic mass is 16.5. The number of aryl methyl sites for hydroxylation is 1. The summed E-state index contributed by atoms with van der Waals surface area (Å²) in [5.41, 5.74) is 2.78. The molecule has 2 heterocycles. The number of rotatable bonds is 5. The van der Waals surface area contributed by atoms with E-state index >= 15 is 0 Å². The largest absolute Gasteiger partial charge is 0.484 e. The van der Waals surface area contributed by atoms with E-state index in [4.69, 9.17) is 4.74 Å². The Morgan fingerprint density at radius 2 is 2.25 bits per heavy atom. The number of nitrogens with zero attached hydrogens (tertiary/aromatic N) is 1. The van der Waals surface area contributed by atoms with Crippen molar-refractivity contribution in [2.45, 2.75) is 25.8 Å². The molecule has 6 heteroatoms. The van der Waals surface area contributed by atoms with Crippen LogP contribution in [0.25, 0.3) is 0 Å². The minimum Gasteiger partial charge on any atom is -0.484 e. The Hall–Kier alpha value is -2.89. The molecule has 124 valence electrons. The molecule has 0 bridgehead atoms. The summed E-state index contributed by atoms with van der Waals surface area (Å²) in [4.78, 5) is 27.4. The highest BCUT2D eigenvalue weighted by molar-refractivity contribution is 5.94. The zero-order valence-corrected chi connectivity index (χ0v) is 13.4. The normalized spacial score (nSPS) is 14.3. The Balaban J connectivity index is 1.54. The van der Waals surface area contributed by atoms with Crippen molar-refractivity contribution in [3.63, 3.8) is 0 Å². The van der Waals surface area contributed by atoms with Crippen LogP contribution in [0.4, 0.5) is 5.69 Å². The summed E-state index contributed by atoms with van der Waals surface area (Å²) in [6, 6.07) is 9.04. The maximum Gasteiger partial charge on any atom is 0.258 e. The van der Waals surface area contributed by atoms with Gasteiger partial charge in [0.2, 0.25) is 5.91 Å². The van der Waals surface area contributed by atoms with Gasteiger partial charge in [-0.25, -0.2) is 0 Å². The van der Waals surface area contributed by atoms with Crippen molar-refractivity contribution in [1.82, 2.24) is 10.3 Å². The molecule has 0 aliphatic carbocycles. The fourth-order valence-corrected chi connectivity index (χ4v) is 2.60. The van der Waals surface area contributed by atoms with Gasteiger partial charge < -0.3 is 15.4 Å². The topological polar surface area (TPSA) is 80.3 Å². The Labute approximate surface area is 140 Å². The fraction of sp³-hybridized carbons (Fsp3) is 0.278. The van der Waals surface area contributed by atoms with Gasteiger partial charge in [-0.3, -0.25) is 14.6 Å². The van der Waals surface area contributed by atoms with Crippen LogP contribution in [0.5, 0.6) is 5.75 Å². The third kappa shape index (κ3) is 3.90. The van der Waals surface area contributed by atoms with Crippen molar-refractivity contribution in [3.8, 4) is 5.75 Å². The van der Waals surface area contributed by atoms with Crippen LogP contribution >= 0.6 is 0 Å². The monoisotopic (exact) mass is 325 g/mol. The summed E-state index contributed by atoms with van der Waals surface area (Å²) in [5, 5.41) is 5.69. The molecule has 0 saturated carbocycles. The van der Waals surface area contributed by atoms with Crippen LogP contribution in [0.15, 0.2) is 42.7 Å². The molecular weight excluding hydrogens is 306 g/mol. The second-order valence-corrected chi connectivity index (χ2v) is 5.73. The Morgan fingerprint density at radius 3 is 3.04 bits per heavy atom. The molecular formula is C18H19N3O3. The van der Waals surface area contributed by atoms with E-state index in [1.54, 1.807) is 24.5 Å². The number of benzene rings is 1. The molecule has 1 aromatic carbocycles. The number of amides is 2. The standard InChI is InChI=1S/C18H19N3O3/c1-12(14-3-2-8-19-10-14)20-18(23)11-24-15-5-6-16-13(9-15)4-7-17(22)21-16/h2-3,5-6,8-10,12H,4,7,11H2,1H3,(H,20,23)(H,21,22). The summed E-state index contributed by atoms with van der Waals surface area (Å²) in [5.74, 6) is 0.450. The van der Waals surface area contributed by atoms with Gasteiger partial charge in [0.05, 0.1) is 6.04 Å². The average Bonchev–Trinajstić information content (AvgIpc) is 2.60. The van der Waals surface area contributed by atoms with Crippen LogP contribution in [0, 0.1) is 0 Å². The quantitative estimate of drug-likeness (QED) is 0.883. The molecule has 3 rings (SSSR count). The summed E-state index contributed by atoms with van der Waals surface area (Å²) >= 11 is 0. The number of pyridine rings is 1. The average molecular weight is 325 g/mol. The first-order valence-electron chi connectivity index (χ1n) is 7.86. The lowest BCUT2D eigenvalue weighted by Crippen LogP contribution is -2.31. The van der Waals surface area contributed by atoms with Crippen LogP contribution in [0.2, 0.25) is 0 Å². The molecule has 1 unspecified atom stereocenters. The van der Waals surface area contributed by atoms with Crippen molar-refractivity contribution in [2.75, 3.05) is 11.9 Å². The van der Waals surface area contributed by atoms with E-state index in [2.05, 4.69) is 15.6 Å². The third-order valence-corrected chi connectivity index (χ3v) is 3.90. The number of hydrogen-bond acceptors (Lipinski definition) is 4. The van der Waals surface area contributed by atoms with Gasteiger partial charge in [0.15, 0.2) is 6.61 Å². The van der Waals surface area contributed by atoms with E-state index in [1.807, 2.05) is 25.1 Å². The SMILES string of the molecule is CC(NC(=O)COc1ccc2c(c1)CCC(=O)N2)c1cccnc1. The molecule has 0 saturated heterocycles. The third-order valence-electron chi connectivity index (χ3n) is 3.90. The highest BCUT2D eigenvalue weighted by Gasteiger charge is 2.15. The fourth-order valence-electron chi connectivity index (χ4n) is 2.60. The number of carbonyl (C=O) groups is 2. The number of anilines is 1. The first-order valence-corrected chi connectivity index (χ1v) is 7.86. The van der Waals surface area contributed by atoms with E-state index in [1.165, 1.54) is 0 Å². The van der Waals surface area contributed by atoms with E-state index < -0.39 is 0 Å². The van der Waals surface area contributed by atoms with Gasteiger partial charge >= 0.3 is 0 Å². The second-order valence-electron chi connectivity index (χ2n) is 5.73. The minimum absolute atomic E-state index is 0.0277. The molecule has 1 aliphatic rings. The molecule has 2 aromatic rings. The molecule has 1 aliphatic heterocycles. The Morgan fingerprint density at radius 1 is 1.38 bits per heavy atom. The highest BCUT2D eigenvalue weighted by Crippen LogP contribution is 2.26. The maximum atomic E-state index is 12.0. The second kappa shape index (κ2) is 7.12. The lowest BCUT2D eigenvalue weighted by atomic mass is 10.0. The van der Waals surface area contributed by atoms with E-state index in [-0.39, 0.29) is 24.5 Å². The number of aromatic nitrogens is 1. The summed E-state index contributed by atoms with van der Waals surface area (Å²) in [6.45, 7) is 1.84. The maximum absolute atomic E-state index is 12.0. The number of fused-ring (bicyclic) bond motifs is 1. The molecule has 1 atom stereocenters. The lowest BCUT2D eigenvalue weighted by Gasteiger charge is -2.18. The van der Waals surface area contributed by atoms with Crippen LogP contribution in [-0.4, -0.2) is 23.4 Å². The van der Waals surface area contributed by atoms with Gasteiger partial charge in [0.1, 0.15) is 5.75 Å². The molecule has 1 aromatic heterocycles. The summed E-state index contributed by atoms with van der Waals surface area (Å²) in [7, 11) is 0. The van der Waals surface area contributed by atoms with Gasteiger partial charge in [-0.15, -0.1) is 0 Å². The van der Waals surface area contributed by atoms with Gasteiger partial charge in [0.25, 0.3) is 5.91 Å². The Bertz CT molecular complexity index is 746. The van der Waals surface area contributed by atoms with E-state index in [0.29, 0.717) is 18.6 Å². The van der Waals surface area contributed by atoms with Crippen LogP contribution < -0.4 is 15.4 Å². The van der Waals surface area contributed by atoms with Crippen molar-refractivity contribution in [3.05, 3.63) is 53.9 Å². The first kappa shape index (κ1) is 16.0. The summed E-state index contributed by atoms with van der Waals surface area (Å²) < 4.78 is 5.56. The molecule has 2 amide bonds. The first-order chi connectivity index (χ1) is 11.6. The predicted molar refractivity (Wildman–Crippen MR) is 89.7 cm³/mol. The van der Waals surface area contributed by atoms with Gasteiger partial charge in [-0.1, -0.05) is 6.07 Å². The molecule has 6 nitrogen and oxygen atoms in total. The molecule has 0 spiro atoms.